The lowest BCUT2D eigenvalue weighted by atomic mass is 10.2. The second kappa shape index (κ2) is 7.74. The highest BCUT2D eigenvalue weighted by Crippen LogP contribution is 2.35. The van der Waals surface area contributed by atoms with E-state index < -0.39 is 0 Å². The second-order valence-corrected chi connectivity index (χ2v) is 8.74. The molecule has 9 nitrogen and oxygen atoms in total. The normalized spacial score (nSPS) is 19.9. The van der Waals surface area contributed by atoms with Crippen LogP contribution < -0.4 is 10.2 Å². The third-order valence-corrected chi connectivity index (χ3v) is 6.72. The predicted molar refractivity (Wildman–Crippen MR) is 125 cm³/mol. The lowest BCUT2D eigenvalue weighted by molar-refractivity contribution is 0.0987. The van der Waals surface area contributed by atoms with E-state index in [9.17, 15) is 0 Å². The highest BCUT2D eigenvalue weighted by Gasteiger charge is 2.28. The lowest BCUT2D eigenvalue weighted by Gasteiger charge is -2.34. The summed E-state index contributed by atoms with van der Waals surface area (Å²) >= 11 is 0. The minimum atomic E-state index is 0.229. The minimum Gasteiger partial charge on any atom is -0.377 e. The molecule has 1 saturated heterocycles. The smallest absolute Gasteiger partial charge is 0.241 e. The highest BCUT2D eigenvalue weighted by atomic mass is 16.5. The molecule has 1 aliphatic heterocycles. The molecule has 1 unspecified atom stereocenters. The summed E-state index contributed by atoms with van der Waals surface area (Å²) in [4.78, 5) is 17.3. The highest BCUT2D eigenvalue weighted by molar-refractivity contribution is 5.89. The van der Waals surface area contributed by atoms with Crippen LogP contribution in [0.25, 0.3) is 28.0 Å². The van der Waals surface area contributed by atoms with Gasteiger partial charge in [0.2, 0.25) is 11.9 Å². The summed E-state index contributed by atoms with van der Waals surface area (Å²) in [7, 11) is 1.88. The van der Waals surface area contributed by atoms with Gasteiger partial charge in [-0.3, -0.25) is 0 Å². The van der Waals surface area contributed by atoms with Crippen LogP contribution in [-0.4, -0.2) is 62.1 Å². The number of hydrogen-bond donors (Lipinski definition) is 1. The molecule has 4 heterocycles. The summed E-state index contributed by atoms with van der Waals surface area (Å²) in [5.74, 6) is 2.26. The predicted octanol–water partition coefficient (Wildman–Crippen LogP) is 3.55. The number of para-hydroxylation sites is 2. The number of anilines is 2. The zero-order valence-corrected chi connectivity index (χ0v) is 18.5. The average Bonchev–Trinajstić information content (AvgIpc) is 3.56. The maximum atomic E-state index is 5.70. The van der Waals surface area contributed by atoms with Crippen molar-refractivity contribution in [1.29, 1.82) is 0 Å². The molecule has 4 aromatic rings. The van der Waals surface area contributed by atoms with Crippen LogP contribution in [-0.2, 0) is 4.74 Å². The first kappa shape index (κ1) is 19.5. The zero-order valence-electron chi connectivity index (χ0n) is 18.5. The summed E-state index contributed by atoms with van der Waals surface area (Å²) in [5.41, 5.74) is 2.78. The SMILES string of the molecule is CNc1nc2ccccc2n1-c1nc(N2CCOCC2C)c2cnn(C3CCCC3)c2n1. The summed E-state index contributed by atoms with van der Waals surface area (Å²) in [6.45, 7) is 4.36. The van der Waals surface area contributed by atoms with Crippen LogP contribution in [0.4, 0.5) is 11.8 Å². The van der Waals surface area contributed by atoms with Gasteiger partial charge in [0.25, 0.3) is 0 Å². The molecule has 1 saturated carbocycles. The molecule has 3 aromatic heterocycles. The number of morpholine rings is 1. The largest absolute Gasteiger partial charge is 0.377 e. The Balaban J connectivity index is 1.61. The Morgan fingerprint density at radius 2 is 1.94 bits per heavy atom. The van der Waals surface area contributed by atoms with Crippen LogP contribution in [0.3, 0.4) is 0 Å². The summed E-state index contributed by atoms with van der Waals surface area (Å²) < 4.78 is 9.83. The van der Waals surface area contributed by atoms with Crippen molar-refractivity contribution in [2.24, 2.45) is 0 Å². The Hall–Kier alpha value is -3.20. The maximum Gasteiger partial charge on any atom is 0.241 e. The van der Waals surface area contributed by atoms with Gasteiger partial charge < -0.3 is 15.0 Å². The Labute approximate surface area is 186 Å². The molecule has 6 rings (SSSR count). The first-order chi connectivity index (χ1) is 15.7. The van der Waals surface area contributed by atoms with E-state index in [0.717, 1.165) is 53.2 Å². The van der Waals surface area contributed by atoms with Gasteiger partial charge in [0.1, 0.15) is 5.82 Å². The van der Waals surface area contributed by atoms with Gasteiger partial charge in [-0.25, -0.2) is 14.2 Å². The van der Waals surface area contributed by atoms with Crippen LogP contribution in [0.2, 0.25) is 0 Å². The van der Waals surface area contributed by atoms with Crippen molar-refractivity contribution in [3.05, 3.63) is 30.5 Å². The number of hydrogen-bond acceptors (Lipinski definition) is 7. The Kier molecular flexibility index (Phi) is 4.71. The van der Waals surface area contributed by atoms with Crippen molar-refractivity contribution >= 4 is 33.8 Å². The molecule has 1 aromatic carbocycles. The fourth-order valence-electron chi connectivity index (χ4n) is 5.07. The molecule has 0 bridgehead atoms. The number of nitrogens with one attached hydrogen (secondary N) is 1. The summed E-state index contributed by atoms with van der Waals surface area (Å²) in [5, 5.41) is 9.02. The molecule has 1 N–H and O–H groups in total. The quantitative estimate of drug-likeness (QED) is 0.528. The molecule has 0 amide bonds. The average molecular weight is 433 g/mol. The van der Waals surface area contributed by atoms with Crippen LogP contribution in [0.1, 0.15) is 38.6 Å². The first-order valence-electron chi connectivity index (χ1n) is 11.5. The molecule has 2 aliphatic rings. The number of benzene rings is 1. The third kappa shape index (κ3) is 3.02. The third-order valence-electron chi connectivity index (χ3n) is 6.72. The maximum absolute atomic E-state index is 5.70. The topological polar surface area (TPSA) is 85.9 Å². The van der Waals surface area contributed by atoms with Crippen molar-refractivity contribution in [2.45, 2.75) is 44.7 Å². The summed E-state index contributed by atoms with van der Waals surface area (Å²) in [6.07, 6.45) is 6.73. The van der Waals surface area contributed by atoms with E-state index in [1.807, 2.05) is 36.0 Å². The molecule has 1 atom stereocenters. The van der Waals surface area contributed by atoms with E-state index in [0.29, 0.717) is 25.2 Å². The van der Waals surface area contributed by atoms with E-state index in [-0.39, 0.29) is 6.04 Å². The van der Waals surface area contributed by atoms with Gasteiger partial charge in [0, 0.05) is 13.6 Å². The molecule has 0 spiro atoms. The van der Waals surface area contributed by atoms with Crippen LogP contribution in [0, 0.1) is 0 Å². The monoisotopic (exact) mass is 432 g/mol. The number of imidazole rings is 1. The minimum absolute atomic E-state index is 0.229. The molecule has 166 valence electrons. The lowest BCUT2D eigenvalue weighted by Crippen LogP contribution is -2.44. The summed E-state index contributed by atoms with van der Waals surface area (Å²) in [6, 6.07) is 8.72. The van der Waals surface area contributed by atoms with Gasteiger partial charge in [-0.2, -0.15) is 15.1 Å². The Bertz CT molecular complexity index is 1270. The van der Waals surface area contributed by atoms with Gasteiger partial charge in [-0.05, 0) is 31.9 Å². The van der Waals surface area contributed by atoms with Crippen molar-refractivity contribution in [1.82, 2.24) is 29.3 Å². The molecule has 2 fully saturated rings. The second-order valence-electron chi connectivity index (χ2n) is 8.74. The van der Waals surface area contributed by atoms with Gasteiger partial charge in [-0.15, -0.1) is 0 Å². The van der Waals surface area contributed by atoms with Crippen molar-refractivity contribution in [3.63, 3.8) is 0 Å². The molecule has 32 heavy (non-hydrogen) atoms. The van der Waals surface area contributed by atoms with E-state index in [1.165, 1.54) is 12.8 Å². The fourth-order valence-corrected chi connectivity index (χ4v) is 5.07. The number of fused-ring (bicyclic) bond motifs is 2. The van der Waals surface area contributed by atoms with E-state index >= 15 is 0 Å². The zero-order chi connectivity index (χ0) is 21.7. The number of aromatic nitrogens is 6. The molecule has 9 heteroatoms. The van der Waals surface area contributed by atoms with Crippen LogP contribution in [0.15, 0.2) is 30.5 Å². The Morgan fingerprint density at radius 3 is 2.75 bits per heavy atom. The number of nitrogens with zero attached hydrogens (tertiary/aromatic N) is 7. The molecule has 0 radical (unpaired) electrons. The molecular formula is C23H28N8O. The van der Waals surface area contributed by atoms with E-state index in [1.54, 1.807) is 0 Å². The Morgan fingerprint density at radius 1 is 1.09 bits per heavy atom. The van der Waals surface area contributed by atoms with Crippen molar-refractivity contribution < 1.29 is 4.74 Å². The van der Waals surface area contributed by atoms with E-state index in [4.69, 9.17) is 24.8 Å². The van der Waals surface area contributed by atoms with Crippen LogP contribution >= 0.6 is 0 Å². The van der Waals surface area contributed by atoms with E-state index in [2.05, 4.69) is 27.9 Å². The fraction of sp³-hybridized carbons (Fsp3) is 0.478. The van der Waals surface area contributed by atoms with Gasteiger partial charge in [0.15, 0.2) is 5.65 Å². The first-order valence-corrected chi connectivity index (χ1v) is 11.5. The van der Waals surface area contributed by atoms with Crippen molar-refractivity contribution in [2.75, 3.05) is 37.0 Å². The van der Waals surface area contributed by atoms with Crippen LogP contribution in [0.5, 0.6) is 0 Å². The number of ether oxygens (including phenoxy) is 1. The molecular weight excluding hydrogens is 404 g/mol. The standard InChI is InChI=1S/C23H28N8O/c1-15-14-32-12-11-29(15)20-17-13-25-31(16-7-3-4-8-16)21(17)28-23(27-20)30-19-10-6-5-9-18(19)26-22(30)24-2/h5-6,9-10,13,15-16H,3-4,7-8,11-12,14H2,1-2H3,(H,24,26). The molecule has 1 aliphatic carbocycles. The number of rotatable bonds is 4. The van der Waals surface area contributed by atoms with Gasteiger partial charge in [0.05, 0.1) is 47.9 Å². The van der Waals surface area contributed by atoms with Gasteiger partial charge >= 0.3 is 0 Å². The van der Waals surface area contributed by atoms with Crippen molar-refractivity contribution in [3.8, 4) is 5.95 Å². The van der Waals surface area contributed by atoms with Gasteiger partial charge in [-0.1, -0.05) is 25.0 Å².